The van der Waals surface area contributed by atoms with Crippen LogP contribution in [-0.2, 0) is 4.74 Å². The third kappa shape index (κ3) is 3.93. The summed E-state index contributed by atoms with van der Waals surface area (Å²) in [6, 6.07) is 14.4. The second kappa shape index (κ2) is 9.34. The van der Waals surface area contributed by atoms with Crippen molar-refractivity contribution in [3.05, 3.63) is 48.9 Å². The number of likely N-dealkylation sites (tertiary alicyclic amines) is 1. The van der Waals surface area contributed by atoms with Gasteiger partial charge < -0.3 is 15.4 Å². The van der Waals surface area contributed by atoms with Crippen LogP contribution in [0.3, 0.4) is 0 Å². The first-order valence-corrected chi connectivity index (χ1v) is 14.6. The molecule has 3 saturated heterocycles. The summed E-state index contributed by atoms with van der Waals surface area (Å²) < 4.78 is 9.69. The van der Waals surface area contributed by atoms with Crippen molar-refractivity contribution in [2.24, 2.45) is 11.8 Å². The molecule has 0 spiro atoms. The van der Waals surface area contributed by atoms with Crippen molar-refractivity contribution in [2.75, 3.05) is 50.0 Å². The molecule has 4 aromatic rings. The van der Waals surface area contributed by atoms with Crippen LogP contribution in [0.4, 0.5) is 11.5 Å². The third-order valence-corrected chi connectivity index (χ3v) is 9.68. The van der Waals surface area contributed by atoms with Crippen LogP contribution in [0.25, 0.3) is 28.0 Å². The molecular weight excluding hydrogens is 488 g/mol. The van der Waals surface area contributed by atoms with E-state index in [1.54, 1.807) is 6.33 Å². The molecule has 2 N–H and O–H groups in total. The van der Waals surface area contributed by atoms with Gasteiger partial charge in [0.2, 0.25) is 0 Å². The summed E-state index contributed by atoms with van der Waals surface area (Å²) in [4.78, 5) is 9.72. The molecule has 0 amide bonds. The third-order valence-electron chi connectivity index (χ3n) is 9.68. The van der Waals surface area contributed by atoms with Gasteiger partial charge in [-0.25, -0.2) is 9.50 Å². The van der Waals surface area contributed by atoms with E-state index in [-0.39, 0.29) is 0 Å². The fraction of sp³-hybridized carbons (Fsp3) is 0.500. The Hall–Kier alpha value is -3.43. The summed E-state index contributed by atoms with van der Waals surface area (Å²) in [7, 11) is 0. The van der Waals surface area contributed by atoms with Gasteiger partial charge in [-0.2, -0.15) is 10.2 Å². The number of fused-ring (bicyclic) bond motifs is 2. The lowest BCUT2D eigenvalue weighted by molar-refractivity contribution is 0.0667. The van der Waals surface area contributed by atoms with Gasteiger partial charge in [-0.05, 0) is 61.8 Å². The monoisotopic (exact) mass is 524 g/mol. The van der Waals surface area contributed by atoms with Gasteiger partial charge in [-0.15, -0.1) is 0 Å². The highest BCUT2D eigenvalue weighted by Gasteiger charge is 2.43. The Bertz CT molecular complexity index is 1490. The molecule has 9 nitrogen and oxygen atoms in total. The number of ether oxygens (including phenoxy) is 1. The van der Waals surface area contributed by atoms with Crippen molar-refractivity contribution >= 4 is 17.0 Å². The van der Waals surface area contributed by atoms with E-state index in [2.05, 4.69) is 61.0 Å². The van der Waals surface area contributed by atoms with Crippen molar-refractivity contribution in [1.82, 2.24) is 29.3 Å². The van der Waals surface area contributed by atoms with Gasteiger partial charge in [0, 0.05) is 68.4 Å². The molecule has 8 rings (SSSR count). The average molecular weight is 525 g/mol. The number of hydrogen-bond acceptors (Lipinski definition) is 7. The minimum absolute atomic E-state index is 0.311. The molecule has 39 heavy (non-hydrogen) atoms. The Morgan fingerprint density at radius 3 is 2.44 bits per heavy atom. The smallest absolute Gasteiger partial charge is 0.152 e. The van der Waals surface area contributed by atoms with E-state index in [1.807, 2.05) is 10.7 Å². The largest absolute Gasteiger partial charge is 0.382 e. The molecule has 0 radical (unpaired) electrons. The van der Waals surface area contributed by atoms with E-state index in [1.165, 1.54) is 38.0 Å². The van der Waals surface area contributed by atoms with Gasteiger partial charge in [0.1, 0.15) is 11.8 Å². The first kappa shape index (κ1) is 23.5. The normalized spacial score (nSPS) is 24.5. The minimum atomic E-state index is 0.311. The van der Waals surface area contributed by atoms with Crippen LogP contribution in [0.5, 0.6) is 0 Å². The van der Waals surface area contributed by atoms with E-state index >= 15 is 0 Å². The summed E-state index contributed by atoms with van der Waals surface area (Å²) in [6.07, 6.45) is 9.57. The molecule has 202 valence electrons. The Morgan fingerprint density at radius 2 is 1.67 bits per heavy atom. The second-order valence-electron chi connectivity index (χ2n) is 11.9. The maximum Gasteiger partial charge on any atom is 0.152 e. The van der Waals surface area contributed by atoms with Crippen molar-refractivity contribution < 1.29 is 4.74 Å². The lowest BCUT2D eigenvalue weighted by Crippen LogP contribution is -2.40. The molecule has 3 aliphatic heterocycles. The molecule has 1 saturated carbocycles. The van der Waals surface area contributed by atoms with E-state index in [4.69, 9.17) is 15.6 Å². The lowest BCUT2D eigenvalue weighted by atomic mass is 9.92. The highest BCUT2D eigenvalue weighted by molar-refractivity contribution is 5.91. The number of anilines is 2. The standard InChI is InChI=1S/C30H36N8O/c31-30-29-26(27-7-10-33-37(27)24-8-11-39-12-9-24)14-28(38(29)34-19-32-30)20-3-1-6-25(13-20)36-17-21-15-35(16-22(21)18-36)23-4-2-5-23/h1,3,6-7,10,13-14,19,21-24H,2,4-5,8-9,11-12,15-18H2,(H2,31,32,34). The summed E-state index contributed by atoms with van der Waals surface area (Å²) in [5, 5.41) is 9.37. The molecule has 3 aromatic heterocycles. The molecule has 6 heterocycles. The van der Waals surface area contributed by atoms with Crippen molar-refractivity contribution in [1.29, 1.82) is 0 Å². The zero-order valence-corrected chi connectivity index (χ0v) is 22.3. The first-order valence-electron chi connectivity index (χ1n) is 14.6. The van der Waals surface area contributed by atoms with E-state index in [0.717, 1.165) is 85.1 Å². The van der Waals surface area contributed by atoms with Crippen LogP contribution >= 0.6 is 0 Å². The molecule has 0 bridgehead atoms. The predicted molar refractivity (Wildman–Crippen MR) is 152 cm³/mol. The van der Waals surface area contributed by atoms with Crippen LogP contribution < -0.4 is 10.6 Å². The molecule has 4 aliphatic rings. The number of nitrogen functional groups attached to an aromatic ring is 1. The number of hydrogen-bond donors (Lipinski definition) is 1. The Kier molecular flexibility index (Phi) is 5.62. The predicted octanol–water partition coefficient (Wildman–Crippen LogP) is 4.11. The first-order chi connectivity index (χ1) is 19.2. The van der Waals surface area contributed by atoms with Crippen LogP contribution in [0.15, 0.2) is 48.9 Å². The van der Waals surface area contributed by atoms with E-state index in [9.17, 15) is 0 Å². The molecule has 1 aliphatic carbocycles. The molecule has 9 heteroatoms. The topological polar surface area (TPSA) is 89.7 Å². The quantitative estimate of drug-likeness (QED) is 0.420. The van der Waals surface area contributed by atoms with Crippen molar-refractivity contribution in [3.8, 4) is 22.5 Å². The zero-order valence-electron chi connectivity index (χ0n) is 22.3. The summed E-state index contributed by atoms with van der Waals surface area (Å²) >= 11 is 0. The Labute approximate surface area is 228 Å². The van der Waals surface area contributed by atoms with Gasteiger partial charge >= 0.3 is 0 Å². The highest BCUT2D eigenvalue weighted by atomic mass is 16.5. The SMILES string of the molecule is Nc1ncnn2c(-c3cccc(N4CC5CN(C6CCC6)CC5C4)c3)cc(-c3ccnn3C3CCOCC3)c12. The maximum atomic E-state index is 6.48. The van der Waals surface area contributed by atoms with Gasteiger partial charge in [0.25, 0.3) is 0 Å². The lowest BCUT2D eigenvalue weighted by Gasteiger charge is -2.35. The van der Waals surface area contributed by atoms with Gasteiger partial charge in [0.15, 0.2) is 5.82 Å². The summed E-state index contributed by atoms with van der Waals surface area (Å²) in [5.41, 5.74) is 12.8. The number of benzene rings is 1. The number of rotatable bonds is 5. The van der Waals surface area contributed by atoms with Crippen LogP contribution in [0, 0.1) is 11.8 Å². The van der Waals surface area contributed by atoms with Gasteiger partial charge in [-0.3, -0.25) is 9.58 Å². The fourth-order valence-corrected chi connectivity index (χ4v) is 7.37. The Morgan fingerprint density at radius 1 is 0.846 bits per heavy atom. The highest BCUT2D eigenvalue weighted by Crippen LogP contribution is 2.40. The van der Waals surface area contributed by atoms with E-state index in [0.29, 0.717) is 11.9 Å². The second-order valence-corrected chi connectivity index (χ2v) is 11.9. The van der Waals surface area contributed by atoms with Crippen molar-refractivity contribution in [3.63, 3.8) is 0 Å². The number of nitrogens with zero attached hydrogens (tertiary/aromatic N) is 7. The number of nitrogens with two attached hydrogens (primary N) is 1. The minimum Gasteiger partial charge on any atom is -0.382 e. The molecular formula is C30H36N8O. The molecule has 2 unspecified atom stereocenters. The average Bonchev–Trinajstić information content (AvgIpc) is 3.70. The van der Waals surface area contributed by atoms with Crippen molar-refractivity contribution in [2.45, 2.75) is 44.2 Å². The van der Waals surface area contributed by atoms with Crippen LogP contribution in [0.1, 0.15) is 38.1 Å². The fourth-order valence-electron chi connectivity index (χ4n) is 7.37. The van der Waals surface area contributed by atoms with Gasteiger partial charge in [0.05, 0.1) is 17.4 Å². The van der Waals surface area contributed by atoms with Gasteiger partial charge in [-0.1, -0.05) is 18.6 Å². The molecule has 2 atom stereocenters. The van der Waals surface area contributed by atoms with Crippen LogP contribution in [-0.4, -0.2) is 74.7 Å². The number of aromatic nitrogens is 5. The van der Waals surface area contributed by atoms with Crippen LogP contribution in [0.2, 0.25) is 0 Å². The Balaban J connectivity index is 1.13. The maximum absolute atomic E-state index is 6.48. The summed E-state index contributed by atoms with van der Waals surface area (Å²) in [6.45, 7) is 6.37. The molecule has 1 aromatic carbocycles. The summed E-state index contributed by atoms with van der Waals surface area (Å²) in [5.74, 6) is 2.05. The zero-order chi connectivity index (χ0) is 25.9. The molecule has 4 fully saturated rings. The van der Waals surface area contributed by atoms with E-state index < -0.39 is 0 Å².